The third-order valence-electron chi connectivity index (χ3n) is 3.43. The van der Waals surface area contributed by atoms with Crippen LogP contribution in [0.2, 0.25) is 0 Å². The Labute approximate surface area is 127 Å². The largest absolute Gasteiger partial charge is 0.456 e. The molecule has 1 heterocycles. The lowest BCUT2D eigenvalue weighted by Crippen LogP contribution is -2.37. The van der Waals surface area contributed by atoms with Gasteiger partial charge in [0.1, 0.15) is 0 Å². The fraction of sp³-hybridized carbons (Fsp3) is 0.533. The lowest BCUT2D eigenvalue weighted by Gasteiger charge is -2.12. The summed E-state index contributed by atoms with van der Waals surface area (Å²) in [6, 6.07) is 3.66. The summed E-state index contributed by atoms with van der Waals surface area (Å²) in [6.07, 6.45) is 2.40. The number of nitrogens with one attached hydrogen (secondary N) is 1. The summed E-state index contributed by atoms with van der Waals surface area (Å²) in [4.78, 5) is 35.4. The van der Waals surface area contributed by atoms with E-state index in [0.29, 0.717) is 10.8 Å². The molecule has 0 saturated heterocycles. The molecule has 0 radical (unpaired) electrons. The predicted octanol–water partition coefficient (Wildman–Crippen LogP) is 2.17. The molecule has 1 aliphatic rings. The Kier molecular flexibility index (Phi) is 5.50. The van der Waals surface area contributed by atoms with Crippen LogP contribution in [0.25, 0.3) is 0 Å². The van der Waals surface area contributed by atoms with Crippen molar-refractivity contribution >= 4 is 29.0 Å². The van der Waals surface area contributed by atoms with Crippen LogP contribution in [0, 0.1) is 5.92 Å². The Morgan fingerprint density at radius 1 is 1.38 bits per heavy atom. The van der Waals surface area contributed by atoms with E-state index < -0.39 is 5.97 Å². The van der Waals surface area contributed by atoms with Gasteiger partial charge in [-0.2, -0.15) is 0 Å². The van der Waals surface area contributed by atoms with Crippen LogP contribution in [-0.2, 0) is 14.3 Å². The van der Waals surface area contributed by atoms with Crippen molar-refractivity contribution in [1.82, 2.24) is 5.32 Å². The summed E-state index contributed by atoms with van der Waals surface area (Å²) in [5, 5.41) is 4.62. The molecule has 21 heavy (non-hydrogen) atoms. The highest BCUT2D eigenvalue weighted by Crippen LogP contribution is 2.32. The smallest absolute Gasteiger partial charge is 0.306 e. The van der Waals surface area contributed by atoms with Gasteiger partial charge in [-0.25, -0.2) is 0 Å². The van der Waals surface area contributed by atoms with E-state index in [2.05, 4.69) is 5.32 Å². The second-order valence-electron chi connectivity index (χ2n) is 5.25. The second kappa shape index (κ2) is 7.36. The van der Waals surface area contributed by atoms with Gasteiger partial charge in [0.05, 0.1) is 11.3 Å². The van der Waals surface area contributed by atoms with Gasteiger partial charge >= 0.3 is 5.97 Å². The molecule has 114 valence electrons. The van der Waals surface area contributed by atoms with E-state index in [1.54, 1.807) is 12.1 Å². The molecule has 0 unspecified atom stereocenters. The molecule has 1 N–H and O–H groups in total. The van der Waals surface area contributed by atoms with Gasteiger partial charge in [-0.3, -0.25) is 14.4 Å². The van der Waals surface area contributed by atoms with E-state index in [-0.39, 0.29) is 37.2 Å². The van der Waals surface area contributed by atoms with Crippen LogP contribution in [0.15, 0.2) is 17.5 Å². The predicted molar refractivity (Wildman–Crippen MR) is 79.2 cm³/mol. The van der Waals surface area contributed by atoms with Crippen molar-refractivity contribution in [2.45, 2.75) is 38.6 Å². The Morgan fingerprint density at radius 2 is 2.14 bits per heavy atom. The van der Waals surface area contributed by atoms with Crippen LogP contribution in [0.1, 0.15) is 42.3 Å². The summed E-state index contributed by atoms with van der Waals surface area (Å²) in [7, 11) is 0. The Morgan fingerprint density at radius 3 is 2.76 bits per heavy atom. The normalized spacial score (nSPS) is 15.3. The maximum atomic E-state index is 11.7. The average Bonchev–Trinajstić information content (AvgIpc) is 3.17. The number of thiophene rings is 1. The number of Topliss-reactive ketones (excluding diaryl/α,β-unsaturated/α-hetero) is 1. The number of carbonyl (C=O) groups excluding carboxylic acids is 3. The maximum absolute atomic E-state index is 11.7. The molecule has 1 atom stereocenters. The van der Waals surface area contributed by atoms with E-state index in [4.69, 9.17) is 4.74 Å². The minimum Gasteiger partial charge on any atom is -0.456 e. The Bertz CT molecular complexity index is 508. The molecular weight excluding hydrogens is 290 g/mol. The van der Waals surface area contributed by atoms with Crippen molar-refractivity contribution in [1.29, 1.82) is 0 Å². The van der Waals surface area contributed by atoms with Gasteiger partial charge < -0.3 is 10.1 Å². The number of hydrogen-bond donors (Lipinski definition) is 1. The van der Waals surface area contributed by atoms with Crippen molar-refractivity contribution in [3.8, 4) is 0 Å². The van der Waals surface area contributed by atoms with E-state index >= 15 is 0 Å². The molecule has 6 heteroatoms. The summed E-state index contributed by atoms with van der Waals surface area (Å²) >= 11 is 1.35. The fourth-order valence-electron chi connectivity index (χ4n) is 2.00. The molecule has 0 bridgehead atoms. The van der Waals surface area contributed by atoms with Crippen LogP contribution in [0.5, 0.6) is 0 Å². The number of ether oxygens (including phenoxy) is 1. The number of esters is 1. The Balaban J connectivity index is 1.60. The molecule has 2 rings (SSSR count). The van der Waals surface area contributed by atoms with Crippen molar-refractivity contribution in [2.24, 2.45) is 5.92 Å². The van der Waals surface area contributed by atoms with E-state index in [9.17, 15) is 14.4 Å². The molecule has 1 amide bonds. The number of carbonyl (C=O) groups is 3. The van der Waals surface area contributed by atoms with Gasteiger partial charge in [-0.15, -0.1) is 11.3 Å². The van der Waals surface area contributed by atoms with Crippen LogP contribution in [0.4, 0.5) is 0 Å². The van der Waals surface area contributed by atoms with Gasteiger partial charge in [0.25, 0.3) is 5.91 Å². The second-order valence-corrected chi connectivity index (χ2v) is 6.20. The summed E-state index contributed by atoms with van der Waals surface area (Å²) in [5.41, 5.74) is 0. The monoisotopic (exact) mass is 309 g/mol. The molecule has 1 aromatic rings. The topological polar surface area (TPSA) is 72.5 Å². The standard InChI is InChI=1S/C15H19NO4S/c1-10(11-4-5-11)16-14(18)9-20-15(19)7-6-12(17)13-3-2-8-21-13/h2-3,8,10-11H,4-7,9H2,1H3,(H,16,18)/t10-/m0/s1. The van der Waals surface area contributed by atoms with Crippen LogP contribution in [0.3, 0.4) is 0 Å². The van der Waals surface area contributed by atoms with Crippen LogP contribution < -0.4 is 5.32 Å². The summed E-state index contributed by atoms with van der Waals surface area (Å²) in [6.45, 7) is 1.68. The van der Waals surface area contributed by atoms with Gasteiger partial charge in [-0.05, 0) is 37.1 Å². The van der Waals surface area contributed by atoms with Crippen molar-refractivity contribution in [3.05, 3.63) is 22.4 Å². The zero-order valence-electron chi connectivity index (χ0n) is 12.0. The third kappa shape index (κ3) is 5.30. The Hall–Kier alpha value is -1.69. The van der Waals surface area contributed by atoms with Gasteiger partial charge in [0.2, 0.25) is 0 Å². The molecular formula is C15H19NO4S. The number of rotatable bonds is 8. The number of hydrogen-bond acceptors (Lipinski definition) is 5. The number of amides is 1. The molecule has 1 aliphatic carbocycles. The van der Waals surface area contributed by atoms with Gasteiger partial charge in [0.15, 0.2) is 12.4 Å². The molecule has 0 spiro atoms. The van der Waals surface area contributed by atoms with Gasteiger partial charge in [0, 0.05) is 12.5 Å². The highest BCUT2D eigenvalue weighted by atomic mass is 32.1. The third-order valence-corrected chi connectivity index (χ3v) is 4.35. The first-order valence-electron chi connectivity index (χ1n) is 7.08. The van der Waals surface area contributed by atoms with Crippen LogP contribution >= 0.6 is 11.3 Å². The van der Waals surface area contributed by atoms with Crippen LogP contribution in [-0.4, -0.2) is 30.3 Å². The summed E-state index contributed by atoms with van der Waals surface area (Å²) < 4.78 is 4.87. The lowest BCUT2D eigenvalue weighted by atomic mass is 10.2. The highest BCUT2D eigenvalue weighted by molar-refractivity contribution is 7.12. The van der Waals surface area contributed by atoms with Crippen molar-refractivity contribution in [2.75, 3.05) is 6.61 Å². The molecule has 5 nitrogen and oxygen atoms in total. The fourth-order valence-corrected chi connectivity index (χ4v) is 2.70. The van der Waals surface area contributed by atoms with E-state index in [0.717, 1.165) is 12.8 Å². The summed E-state index contributed by atoms with van der Waals surface area (Å²) in [5.74, 6) is -0.316. The number of ketones is 1. The first-order chi connectivity index (χ1) is 10.1. The molecule has 1 saturated carbocycles. The SMILES string of the molecule is C[C@H](NC(=O)COC(=O)CCC(=O)c1cccs1)C1CC1. The minimum atomic E-state index is -0.519. The molecule has 1 fully saturated rings. The molecule has 0 aromatic carbocycles. The quantitative estimate of drug-likeness (QED) is 0.590. The molecule has 1 aromatic heterocycles. The zero-order valence-corrected chi connectivity index (χ0v) is 12.8. The zero-order chi connectivity index (χ0) is 15.2. The lowest BCUT2D eigenvalue weighted by molar-refractivity contribution is -0.148. The highest BCUT2D eigenvalue weighted by Gasteiger charge is 2.28. The molecule has 0 aliphatic heterocycles. The average molecular weight is 309 g/mol. The van der Waals surface area contributed by atoms with Crippen molar-refractivity contribution < 1.29 is 19.1 Å². The first-order valence-corrected chi connectivity index (χ1v) is 7.96. The van der Waals surface area contributed by atoms with Gasteiger partial charge in [-0.1, -0.05) is 6.07 Å². The maximum Gasteiger partial charge on any atom is 0.306 e. The van der Waals surface area contributed by atoms with E-state index in [1.807, 2.05) is 12.3 Å². The minimum absolute atomic E-state index is 0.00217. The first kappa shape index (κ1) is 15.7. The van der Waals surface area contributed by atoms with Crippen molar-refractivity contribution in [3.63, 3.8) is 0 Å². The van der Waals surface area contributed by atoms with E-state index in [1.165, 1.54) is 11.3 Å².